The van der Waals surface area contributed by atoms with Crippen molar-refractivity contribution < 1.29 is 4.79 Å². The van der Waals surface area contributed by atoms with Crippen molar-refractivity contribution in [3.8, 4) is 0 Å². The summed E-state index contributed by atoms with van der Waals surface area (Å²) in [6.07, 6.45) is 5.26. The first kappa shape index (κ1) is 16.6. The molecule has 0 saturated heterocycles. The van der Waals surface area contributed by atoms with Gasteiger partial charge in [-0.15, -0.1) is 0 Å². The SMILES string of the molecule is CC(C)N(C)Cc1cnc2n1CCN(C(=O)c1ccncc1)C2C. The second kappa shape index (κ2) is 6.73. The molecule has 24 heavy (non-hydrogen) atoms. The molecule has 0 radical (unpaired) electrons. The van der Waals surface area contributed by atoms with E-state index < -0.39 is 0 Å². The third-order valence-corrected chi connectivity index (χ3v) is 4.86. The van der Waals surface area contributed by atoms with Crippen molar-refractivity contribution in [2.45, 2.75) is 45.9 Å². The lowest BCUT2D eigenvalue weighted by Gasteiger charge is -2.35. The Morgan fingerprint density at radius 2 is 2.04 bits per heavy atom. The molecule has 1 aliphatic rings. The van der Waals surface area contributed by atoms with Gasteiger partial charge in [0, 0.05) is 49.8 Å². The van der Waals surface area contributed by atoms with E-state index in [9.17, 15) is 4.79 Å². The van der Waals surface area contributed by atoms with E-state index in [1.54, 1.807) is 24.5 Å². The quantitative estimate of drug-likeness (QED) is 0.865. The Kier molecular flexibility index (Phi) is 4.66. The molecule has 0 aliphatic carbocycles. The van der Waals surface area contributed by atoms with Gasteiger partial charge < -0.3 is 9.47 Å². The zero-order valence-electron chi connectivity index (χ0n) is 14.8. The largest absolute Gasteiger partial charge is 0.327 e. The molecule has 128 valence electrons. The van der Waals surface area contributed by atoms with Gasteiger partial charge in [0.2, 0.25) is 0 Å². The van der Waals surface area contributed by atoms with E-state index in [4.69, 9.17) is 0 Å². The Balaban J connectivity index is 1.80. The number of rotatable bonds is 4. The number of amides is 1. The molecular formula is C18H25N5O. The molecule has 0 aromatic carbocycles. The first-order chi connectivity index (χ1) is 11.5. The molecule has 1 amide bonds. The maximum atomic E-state index is 12.7. The lowest BCUT2D eigenvalue weighted by atomic mass is 10.1. The van der Waals surface area contributed by atoms with Gasteiger partial charge in [-0.3, -0.25) is 14.7 Å². The predicted octanol–water partition coefficient (Wildman–Crippen LogP) is 2.34. The Morgan fingerprint density at radius 1 is 1.33 bits per heavy atom. The van der Waals surface area contributed by atoms with Gasteiger partial charge in [0.25, 0.3) is 5.91 Å². The minimum Gasteiger partial charge on any atom is -0.327 e. The summed E-state index contributed by atoms with van der Waals surface area (Å²) >= 11 is 0. The number of pyridine rings is 1. The van der Waals surface area contributed by atoms with E-state index in [2.05, 4.69) is 40.3 Å². The predicted molar refractivity (Wildman–Crippen MR) is 92.5 cm³/mol. The van der Waals surface area contributed by atoms with E-state index in [1.165, 1.54) is 5.69 Å². The Labute approximate surface area is 143 Å². The lowest BCUT2D eigenvalue weighted by Crippen LogP contribution is -2.41. The summed E-state index contributed by atoms with van der Waals surface area (Å²) in [5, 5.41) is 0. The topological polar surface area (TPSA) is 54.3 Å². The first-order valence-corrected chi connectivity index (χ1v) is 8.44. The summed E-state index contributed by atoms with van der Waals surface area (Å²) in [6.45, 7) is 8.78. The minimum absolute atomic E-state index is 0.0301. The monoisotopic (exact) mass is 327 g/mol. The molecule has 0 bridgehead atoms. The van der Waals surface area contributed by atoms with E-state index in [1.807, 2.05) is 18.0 Å². The van der Waals surface area contributed by atoms with Crippen LogP contribution in [-0.2, 0) is 13.1 Å². The fraction of sp³-hybridized carbons (Fsp3) is 0.500. The number of aromatic nitrogens is 3. The number of fused-ring (bicyclic) bond motifs is 1. The molecule has 1 aliphatic heterocycles. The van der Waals surface area contributed by atoms with Gasteiger partial charge >= 0.3 is 0 Å². The van der Waals surface area contributed by atoms with Gasteiger partial charge in [0.05, 0.1) is 11.7 Å². The van der Waals surface area contributed by atoms with Crippen LogP contribution in [0.1, 0.15) is 48.7 Å². The van der Waals surface area contributed by atoms with Crippen LogP contribution in [-0.4, -0.2) is 49.9 Å². The van der Waals surface area contributed by atoms with Gasteiger partial charge in [-0.1, -0.05) is 0 Å². The zero-order chi connectivity index (χ0) is 17.3. The zero-order valence-corrected chi connectivity index (χ0v) is 14.8. The van der Waals surface area contributed by atoms with E-state index in [0.29, 0.717) is 18.2 Å². The molecule has 6 heteroatoms. The van der Waals surface area contributed by atoms with Crippen molar-refractivity contribution in [3.63, 3.8) is 0 Å². The molecule has 2 aromatic heterocycles. The van der Waals surface area contributed by atoms with Crippen molar-refractivity contribution in [2.24, 2.45) is 0 Å². The summed E-state index contributed by atoms with van der Waals surface area (Å²) in [5.74, 6) is 1.01. The van der Waals surface area contributed by atoms with Crippen molar-refractivity contribution in [3.05, 3.63) is 47.8 Å². The van der Waals surface area contributed by atoms with Crippen molar-refractivity contribution in [1.29, 1.82) is 0 Å². The molecule has 1 atom stereocenters. The van der Waals surface area contributed by atoms with Gasteiger partial charge in [0.1, 0.15) is 5.82 Å². The van der Waals surface area contributed by atoms with Crippen LogP contribution in [0, 0.1) is 0 Å². The highest BCUT2D eigenvalue weighted by Crippen LogP contribution is 2.27. The number of hydrogen-bond acceptors (Lipinski definition) is 4. The van der Waals surface area contributed by atoms with Gasteiger partial charge in [-0.25, -0.2) is 4.98 Å². The van der Waals surface area contributed by atoms with E-state index >= 15 is 0 Å². The van der Waals surface area contributed by atoms with E-state index in [0.717, 1.165) is 18.9 Å². The molecule has 0 spiro atoms. The van der Waals surface area contributed by atoms with Crippen LogP contribution in [0.5, 0.6) is 0 Å². The number of hydrogen-bond donors (Lipinski definition) is 0. The van der Waals surface area contributed by atoms with Crippen LogP contribution < -0.4 is 0 Å². The van der Waals surface area contributed by atoms with Gasteiger partial charge in [-0.2, -0.15) is 0 Å². The van der Waals surface area contributed by atoms with Gasteiger partial charge in [0.15, 0.2) is 0 Å². The van der Waals surface area contributed by atoms with Crippen LogP contribution in [0.25, 0.3) is 0 Å². The second-order valence-corrected chi connectivity index (χ2v) is 6.68. The molecule has 6 nitrogen and oxygen atoms in total. The summed E-state index contributed by atoms with van der Waals surface area (Å²) in [7, 11) is 2.12. The van der Waals surface area contributed by atoms with Crippen LogP contribution in [0.4, 0.5) is 0 Å². The summed E-state index contributed by atoms with van der Waals surface area (Å²) < 4.78 is 2.26. The first-order valence-electron chi connectivity index (χ1n) is 8.44. The van der Waals surface area contributed by atoms with Crippen LogP contribution in [0.2, 0.25) is 0 Å². The van der Waals surface area contributed by atoms with E-state index in [-0.39, 0.29) is 11.9 Å². The minimum atomic E-state index is -0.0301. The van der Waals surface area contributed by atoms with Crippen LogP contribution in [0.3, 0.4) is 0 Å². The number of nitrogens with zero attached hydrogens (tertiary/aromatic N) is 5. The summed E-state index contributed by atoms with van der Waals surface area (Å²) in [6, 6.07) is 3.98. The third-order valence-electron chi connectivity index (χ3n) is 4.86. The Morgan fingerprint density at radius 3 is 2.71 bits per heavy atom. The molecule has 0 N–H and O–H groups in total. The summed E-state index contributed by atoms with van der Waals surface area (Å²) in [5.41, 5.74) is 1.89. The average Bonchev–Trinajstić information content (AvgIpc) is 2.99. The van der Waals surface area contributed by atoms with Crippen LogP contribution >= 0.6 is 0 Å². The number of imidazole rings is 1. The molecule has 0 fully saturated rings. The highest BCUT2D eigenvalue weighted by atomic mass is 16.2. The molecule has 3 heterocycles. The fourth-order valence-electron chi connectivity index (χ4n) is 3.06. The Hall–Kier alpha value is -2.21. The molecule has 0 saturated carbocycles. The maximum absolute atomic E-state index is 12.7. The highest BCUT2D eigenvalue weighted by molar-refractivity contribution is 5.94. The molecule has 1 unspecified atom stereocenters. The Bertz CT molecular complexity index is 709. The highest BCUT2D eigenvalue weighted by Gasteiger charge is 2.31. The molecule has 2 aromatic rings. The van der Waals surface area contributed by atoms with Gasteiger partial charge in [-0.05, 0) is 40.0 Å². The average molecular weight is 327 g/mol. The van der Waals surface area contributed by atoms with Crippen molar-refractivity contribution in [2.75, 3.05) is 13.6 Å². The molecule has 3 rings (SSSR count). The maximum Gasteiger partial charge on any atom is 0.254 e. The standard InChI is InChI=1S/C18H25N5O/c1-13(2)21(4)12-16-11-20-17-14(3)22(9-10-23(16)17)18(24)15-5-7-19-8-6-15/h5-8,11,13-14H,9-10,12H2,1-4H3. The summed E-state index contributed by atoms with van der Waals surface area (Å²) in [4.78, 5) is 25.5. The van der Waals surface area contributed by atoms with Crippen molar-refractivity contribution in [1.82, 2.24) is 24.3 Å². The number of carbonyl (C=O) groups is 1. The second-order valence-electron chi connectivity index (χ2n) is 6.68. The third kappa shape index (κ3) is 3.06. The smallest absolute Gasteiger partial charge is 0.254 e. The fourth-order valence-corrected chi connectivity index (χ4v) is 3.06. The normalized spacial score (nSPS) is 17.4. The number of carbonyl (C=O) groups excluding carboxylic acids is 1. The van der Waals surface area contributed by atoms with Crippen molar-refractivity contribution >= 4 is 5.91 Å². The lowest BCUT2D eigenvalue weighted by molar-refractivity contribution is 0.0634. The molecular weight excluding hydrogens is 302 g/mol. The van der Waals surface area contributed by atoms with Crippen LogP contribution in [0.15, 0.2) is 30.7 Å².